The van der Waals surface area contributed by atoms with Gasteiger partial charge in [-0.1, -0.05) is 19.9 Å². The first-order chi connectivity index (χ1) is 9.35. The van der Waals surface area contributed by atoms with Crippen LogP contribution in [0.25, 0.3) is 5.65 Å². The van der Waals surface area contributed by atoms with Crippen LogP contribution in [0.2, 0.25) is 0 Å². The average Bonchev–Trinajstić information content (AvgIpc) is 2.84. The molecule has 0 saturated heterocycles. The maximum absolute atomic E-state index is 12.6. The highest BCUT2D eigenvalue weighted by molar-refractivity contribution is 7.89. The van der Waals surface area contributed by atoms with Gasteiger partial charge in [0.25, 0.3) is 10.0 Å². The second-order valence-electron chi connectivity index (χ2n) is 5.81. The van der Waals surface area contributed by atoms with Crippen LogP contribution in [0, 0.1) is 5.41 Å². The topological polar surface area (TPSA) is 75.5 Å². The molecule has 2 heterocycles. The second-order valence-corrected chi connectivity index (χ2v) is 7.44. The van der Waals surface area contributed by atoms with Crippen molar-refractivity contribution in [3.8, 4) is 0 Å². The van der Waals surface area contributed by atoms with Gasteiger partial charge in [0.15, 0.2) is 10.8 Å². The fraction of sp³-hybridized carbons (Fsp3) is 0.462. The number of hydrogen-bond donors (Lipinski definition) is 2. The quantitative estimate of drug-likeness (QED) is 0.895. The van der Waals surface area contributed by atoms with Gasteiger partial charge in [0.05, 0.1) is 0 Å². The predicted molar refractivity (Wildman–Crippen MR) is 77.2 cm³/mol. The van der Waals surface area contributed by atoms with Gasteiger partial charge in [-0.2, -0.15) is 0 Å². The van der Waals surface area contributed by atoms with Crippen molar-refractivity contribution in [2.45, 2.75) is 31.3 Å². The van der Waals surface area contributed by atoms with E-state index in [0.717, 1.165) is 6.42 Å². The summed E-state index contributed by atoms with van der Waals surface area (Å²) in [5.74, 6) is 0.363. The maximum Gasteiger partial charge on any atom is 0.260 e. The first-order valence-corrected chi connectivity index (χ1v) is 8.01. The molecule has 20 heavy (non-hydrogen) atoms. The van der Waals surface area contributed by atoms with Crippen LogP contribution in [0.5, 0.6) is 0 Å². The Morgan fingerprint density at radius 1 is 1.40 bits per heavy atom. The Hall–Kier alpha value is -1.60. The molecule has 0 amide bonds. The first kappa shape index (κ1) is 13.4. The highest BCUT2D eigenvalue weighted by Crippen LogP contribution is 2.45. The van der Waals surface area contributed by atoms with Gasteiger partial charge in [0.2, 0.25) is 0 Å². The minimum absolute atomic E-state index is 0.00790. The van der Waals surface area contributed by atoms with Crippen molar-refractivity contribution in [2.24, 2.45) is 5.41 Å². The lowest BCUT2D eigenvalue weighted by atomic mass is 10.2. The summed E-state index contributed by atoms with van der Waals surface area (Å²) >= 11 is 0. The number of imidazole rings is 1. The van der Waals surface area contributed by atoms with Gasteiger partial charge in [0, 0.05) is 19.3 Å². The van der Waals surface area contributed by atoms with Gasteiger partial charge in [-0.05, 0) is 24.0 Å². The summed E-state index contributed by atoms with van der Waals surface area (Å²) in [7, 11) is -1.94. The van der Waals surface area contributed by atoms with Crippen LogP contribution in [-0.2, 0) is 10.0 Å². The maximum atomic E-state index is 12.6. The number of anilines is 1. The van der Waals surface area contributed by atoms with E-state index >= 15 is 0 Å². The van der Waals surface area contributed by atoms with Crippen molar-refractivity contribution in [2.75, 3.05) is 12.4 Å². The molecule has 6 nitrogen and oxygen atoms in total. The van der Waals surface area contributed by atoms with Crippen molar-refractivity contribution in [1.82, 2.24) is 14.1 Å². The van der Waals surface area contributed by atoms with E-state index in [1.54, 1.807) is 29.8 Å². The number of nitrogens with zero attached hydrogens (tertiary/aromatic N) is 2. The van der Waals surface area contributed by atoms with Crippen molar-refractivity contribution >= 4 is 21.5 Å². The minimum atomic E-state index is -3.61. The Balaban J connectivity index is 2.08. The van der Waals surface area contributed by atoms with E-state index < -0.39 is 10.0 Å². The fourth-order valence-electron chi connectivity index (χ4n) is 2.30. The fourth-order valence-corrected chi connectivity index (χ4v) is 4.01. The monoisotopic (exact) mass is 294 g/mol. The van der Waals surface area contributed by atoms with Crippen molar-refractivity contribution < 1.29 is 8.42 Å². The normalized spacial score (nSPS) is 21.1. The lowest BCUT2D eigenvalue weighted by molar-refractivity contribution is 0.551. The zero-order chi connectivity index (χ0) is 14.5. The van der Waals surface area contributed by atoms with Crippen LogP contribution in [-0.4, -0.2) is 30.9 Å². The van der Waals surface area contributed by atoms with Gasteiger partial charge in [-0.25, -0.2) is 18.1 Å². The Bertz CT molecular complexity index is 764. The zero-order valence-electron chi connectivity index (χ0n) is 11.7. The summed E-state index contributed by atoms with van der Waals surface area (Å²) in [5.41, 5.74) is 0.639. The molecule has 1 unspecified atom stereocenters. The molecule has 1 saturated carbocycles. The smallest absolute Gasteiger partial charge is 0.260 e. The molecule has 0 aromatic carbocycles. The van der Waals surface area contributed by atoms with E-state index in [-0.39, 0.29) is 16.5 Å². The summed E-state index contributed by atoms with van der Waals surface area (Å²) in [6, 6.07) is 5.39. The number of pyridine rings is 1. The Labute approximate surface area is 118 Å². The highest BCUT2D eigenvalue weighted by atomic mass is 32.2. The van der Waals surface area contributed by atoms with Crippen molar-refractivity contribution in [1.29, 1.82) is 0 Å². The summed E-state index contributed by atoms with van der Waals surface area (Å²) < 4.78 is 29.6. The third-order valence-corrected chi connectivity index (χ3v) is 5.28. The summed E-state index contributed by atoms with van der Waals surface area (Å²) in [5, 5.41) is 3.02. The minimum Gasteiger partial charge on any atom is -0.371 e. The van der Waals surface area contributed by atoms with E-state index in [4.69, 9.17) is 0 Å². The van der Waals surface area contributed by atoms with Crippen LogP contribution < -0.4 is 10.0 Å². The zero-order valence-corrected chi connectivity index (χ0v) is 12.5. The molecule has 2 aromatic heterocycles. The first-order valence-electron chi connectivity index (χ1n) is 6.52. The van der Waals surface area contributed by atoms with Crippen LogP contribution in [0.3, 0.4) is 0 Å². The molecule has 0 bridgehead atoms. The van der Waals surface area contributed by atoms with Crippen LogP contribution in [0.4, 0.5) is 5.82 Å². The molecule has 108 valence electrons. The molecule has 3 rings (SSSR count). The van der Waals surface area contributed by atoms with Gasteiger partial charge in [-0.3, -0.25) is 4.40 Å². The molecular weight excluding hydrogens is 276 g/mol. The molecule has 7 heteroatoms. The lowest BCUT2D eigenvalue weighted by Gasteiger charge is -2.09. The van der Waals surface area contributed by atoms with Crippen molar-refractivity contribution in [3.05, 3.63) is 24.4 Å². The van der Waals surface area contributed by atoms with Crippen LogP contribution in [0.15, 0.2) is 29.4 Å². The van der Waals surface area contributed by atoms with Gasteiger partial charge in [-0.15, -0.1) is 0 Å². The summed E-state index contributed by atoms with van der Waals surface area (Å²) in [6.45, 7) is 4.10. The third kappa shape index (κ3) is 2.06. The average molecular weight is 294 g/mol. The Morgan fingerprint density at radius 3 is 2.70 bits per heavy atom. The molecular formula is C13H18N4O2S. The van der Waals surface area contributed by atoms with E-state index in [9.17, 15) is 8.42 Å². The number of sulfonamides is 1. The van der Waals surface area contributed by atoms with E-state index in [1.807, 2.05) is 19.9 Å². The SMILES string of the molecule is CNc1nc2ccccn2c1S(=O)(=O)NC1CC1(C)C. The van der Waals surface area contributed by atoms with Gasteiger partial charge < -0.3 is 5.32 Å². The summed E-state index contributed by atoms with van der Waals surface area (Å²) in [6.07, 6.45) is 2.56. The number of hydrogen-bond acceptors (Lipinski definition) is 4. The molecule has 1 fully saturated rings. The second kappa shape index (κ2) is 4.20. The third-order valence-electron chi connectivity index (χ3n) is 3.79. The van der Waals surface area contributed by atoms with E-state index in [1.165, 1.54) is 0 Å². The van der Waals surface area contributed by atoms with E-state index in [2.05, 4.69) is 15.0 Å². The van der Waals surface area contributed by atoms with Gasteiger partial charge in [0.1, 0.15) is 5.65 Å². The molecule has 2 aromatic rings. The molecule has 1 aliphatic rings. The van der Waals surface area contributed by atoms with Gasteiger partial charge >= 0.3 is 0 Å². The standard InChI is InChI=1S/C13H18N4O2S/c1-13(2)8-9(13)16-20(18,19)12-11(14-3)15-10-6-4-5-7-17(10)12/h4-7,9,14,16H,8H2,1-3H3. The molecule has 0 aliphatic heterocycles. The van der Waals surface area contributed by atoms with Crippen molar-refractivity contribution in [3.63, 3.8) is 0 Å². The van der Waals surface area contributed by atoms with Crippen LogP contribution >= 0.6 is 0 Å². The Kier molecular flexibility index (Phi) is 2.81. The van der Waals surface area contributed by atoms with E-state index in [0.29, 0.717) is 11.5 Å². The van der Waals surface area contributed by atoms with Crippen LogP contribution in [0.1, 0.15) is 20.3 Å². The largest absolute Gasteiger partial charge is 0.371 e. The molecule has 0 radical (unpaired) electrons. The lowest BCUT2D eigenvalue weighted by Crippen LogP contribution is -2.30. The molecule has 0 spiro atoms. The Morgan fingerprint density at radius 2 is 2.10 bits per heavy atom. The number of fused-ring (bicyclic) bond motifs is 1. The number of rotatable bonds is 4. The number of aromatic nitrogens is 2. The number of nitrogens with one attached hydrogen (secondary N) is 2. The molecule has 1 aliphatic carbocycles. The summed E-state index contributed by atoms with van der Waals surface area (Å²) in [4.78, 5) is 4.29. The predicted octanol–water partition coefficient (Wildman–Crippen LogP) is 1.45. The highest BCUT2D eigenvalue weighted by Gasteiger charge is 2.48. The molecule has 1 atom stereocenters. The molecule has 2 N–H and O–H groups in total.